The van der Waals surface area contributed by atoms with E-state index in [9.17, 15) is 9.59 Å². The third kappa shape index (κ3) is 2.12. The fraction of sp³-hybridized carbons (Fsp3) is 0.375. The number of aromatic nitrogens is 2. The maximum absolute atomic E-state index is 11.2. The van der Waals surface area contributed by atoms with Crippen molar-refractivity contribution in [1.29, 1.82) is 0 Å². The summed E-state index contributed by atoms with van der Waals surface area (Å²) in [5.41, 5.74) is -0.161. The number of hydrogen-bond acceptors (Lipinski definition) is 4. The van der Waals surface area contributed by atoms with E-state index in [2.05, 4.69) is 4.98 Å². The quantitative estimate of drug-likeness (QED) is 0.353. The van der Waals surface area contributed by atoms with Crippen molar-refractivity contribution in [2.24, 2.45) is 0 Å². The van der Waals surface area contributed by atoms with Gasteiger partial charge >= 0.3 is 29.6 Å². The second-order valence-electron chi connectivity index (χ2n) is 2.74. The average molecular weight is 203 g/mol. The maximum atomic E-state index is 11.2. The third-order valence-electron chi connectivity index (χ3n) is 2.05. The summed E-state index contributed by atoms with van der Waals surface area (Å²) in [6.07, 6.45) is 4.65. The molecule has 0 aliphatic carbocycles. The van der Waals surface area contributed by atoms with Crippen molar-refractivity contribution in [2.75, 3.05) is 0 Å². The van der Waals surface area contributed by atoms with E-state index < -0.39 is 6.04 Å². The summed E-state index contributed by atoms with van der Waals surface area (Å²) in [6.45, 7) is 0. The van der Waals surface area contributed by atoms with Crippen molar-refractivity contribution < 1.29 is 39.8 Å². The van der Waals surface area contributed by atoms with Crippen molar-refractivity contribution in [1.82, 2.24) is 9.55 Å². The van der Waals surface area contributed by atoms with Crippen LogP contribution in [0.25, 0.3) is 0 Å². The van der Waals surface area contributed by atoms with E-state index >= 15 is 0 Å². The number of aryl methyl sites for hydroxylation is 1. The molecule has 0 spiro atoms. The van der Waals surface area contributed by atoms with E-state index in [0.717, 1.165) is 0 Å². The maximum Gasteiger partial charge on any atom is 1.00 e. The number of rotatable bonds is 1. The molecule has 1 aromatic rings. The smallest absolute Gasteiger partial charge is 0.870 e. The fourth-order valence-corrected chi connectivity index (χ4v) is 1.48. The zero-order valence-corrected chi connectivity index (χ0v) is 9.80. The van der Waals surface area contributed by atoms with Crippen molar-refractivity contribution in [3.63, 3.8) is 0 Å². The van der Waals surface area contributed by atoms with E-state index in [1.54, 1.807) is 0 Å². The second kappa shape index (κ2) is 5.41. The van der Waals surface area contributed by atoms with Crippen LogP contribution in [-0.2, 0) is 11.2 Å². The van der Waals surface area contributed by atoms with E-state index in [4.69, 9.17) is 0 Å². The van der Waals surface area contributed by atoms with Crippen LogP contribution in [0.5, 0.6) is 0 Å². The Hall–Kier alpha value is -0.490. The van der Waals surface area contributed by atoms with Gasteiger partial charge in [-0.05, 0) is 6.42 Å². The first-order valence-corrected chi connectivity index (χ1v) is 3.77. The predicted octanol–water partition coefficient (Wildman–Crippen LogP) is -3.33. The molecule has 6 heteroatoms. The van der Waals surface area contributed by atoms with Gasteiger partial charge in [0.1, 0.15) is 5.82 Å². The predicted molar refractivity (Wildman–Crippen MR) is 43.5 cm³/mol. The first-order valence-electron chi connectivity index (χ1n) is 3.77. The summed E-state index contributed by atoms with van der Waals surface area (Å²) < 4.78 is 1.41. The van der Waals surface area contributed by atoms with Gasteiger partial charge in [-0.2, -0.15) is 0 Å². The molecule has 0 radical (unpaired) electrons. The molecule has 2 rings (SSSR count). The number of nitrogens with zero attached hydrogens (tertiary/aromatic N) is 2. The van der Waals surface area contributed by atoms with Gasteiger partial charge in [-0.15, -0.1) is 0 Å². The SMILES string of the molecule is O=[C-][C@@H]1CCc2nccc(=O)n21.[Na+].[OH-]. The van der Waals surface area contributed by atoms with Crippen LogP contribution in [0, 0.1) is 0 Å². The summed E-state index contributed by atoms with van der Waals surface area (Å²) in [6, 6.07) is 0.945. The fourth-order valence-electron chi connectivity index (χ4n) is 1.48. The first-order chi connectivity index (χ1) is 5.83. The molecule has 1 aromatic heterocycles. The summed E-state index contributed by atoms with van der Waals surface area (Å²) in [5.74, 6) is 0.691. The Morgan fingerprint density at radius 2 is 2.29 bits per heavy atom. The molecular formula is C8H8N2NaO3-. The molecule has 0 amide bonds. The standard InChI is InChI=1S/C8H7N2O2.Na.H2O/c11-5-6-1-2-7-9-4-3-8(12)10(6)7;;/h3-4,6H,1-2H2;;1H2/q-1;+1;/p-1/t6-;;/m0../s1. The van der Waals surface area contributed by atoms with Gasteiger partial charge in [0.2, 0.25) is 0 Å². The van der Waals surface area contributed by atoms with Gasteiger partial charge in [0.05, 0.1) is 0 Å². The molecule has 0 saturated heterocycles. The molecular weight excluding hydrogens is 195 g/mol. The van der Waals surface area contributed by atoms with E-state index in [1.807, 2.05) is 6.29 Å². The molecule has 1 aliphatic rings. The largest absolute Gasteiger partial charge is 1.00 e. The Balaban J connectivity index is 0.000000845. The van der Waals surface area contributed by atoms with Gasteiger partial charge in [0.15, 0.2) is 0 Å². The molecule has 2 heterocycles. The van der Waals surface area contributed by atoms with E-state index in [0.29, 0.717) is 18.7 Å². The molecule has 0 fully saturated rings. The Morgan fingerprint density at radius 1 is 1.57 bits per heavy atom. The topological polar surface area (TPSA) is 82.0 Å². The summed E-state index contributed by atoms with van der Waals surface area (Å²) in [5, 5.41) is 0. The van der Waals surface area contributed by atoms with Crippen molar-refractivity contribution in [3.05, 3.63) is 28.4 Å². The summed E-state index contributed by atoms with van der Waals surface area (Å²) in [4.78, 5) is 25.6. The normalized spacial score (nSPS) is 17.6. The molecule has 0 unspecified atom stereocenters. The molecule has 1 N–H and O–H groups in total. The third-order valence-corrected chi connectivity index (χ3v) is 2.05. The first kappa shape index (κ1) is 13.5. The Morgan fingerprint density at radius 3 is 2.93 bits per heavy atom. The molecule has 1 atom stereocenters. The van der Waals surface area contributed by atoms with Gasteiger partial charge in [-0.1, -0.05) is 6.04 Å². The summed E-state index contributed by atoms with van der Waals surface area (Å²) >= 11 is 0. The van der Waals surface area contributed by atoms with Crippen LogP contribution in [-0.4, -0.2) is 21.3 Å². The van der Waals surface area contributed by atoms with Crippen LogP contribution in [0.1, 0.15) is 18.3 Å². The van der Waals surface area contributed by atoms with Crippen LogP contribution in [0.2, 0.25) is 0 Å². The Bertz CT molecular complexity index is 377. The second-order valence-corrected chi connectivity index (χ2v) is 2.74. The Kier molecular flexibility index (Phi) is 5.22. The van der Waals surface area contributed by atoms with Gasteiger partial charge in [0.25, 0.3) is 5.56 Å². The molecule has 0 aromatic carbocycles. The zero-order chi connectivity index (χ0) is 8.55. The molecule has 14 heavy (non-hydrogen) atoms. The van der Waals surface area contributed by atoms with Crippen molar-refractivity contribution in [3.8, 4) is 0 Å². The molecule has 70 valence electrons. The average Bonchev–Trinajstić information content (AvgIpc) is 2.49. The van der Waals surface area contributed by atoms with E-state index in [-0.39, 0.29) is 40.6 Å². The molecule has 1 aliphatic heterocycles. The van der Waals surface area contributed by atoms with Gasteiger partial charge in [0, 0.05) is 18.7 Å². The minimum atomic E-state index is -0.416. The minimum Gasteiger partial charge on any atom is -0.870 e. The van der Waals surface area contributed by atoms with Crippen molar-refractivity contribution in [2.45, 2.75) is 18.9 Å². The molecule has 0 saturated carbocycles. The minimum absolute atomic E-state index is 0. The van der Waals surface area contributed by atoms with Crippen LogP contribution in [0.4, 0.5) is 0 Å². The van der Waals surface area contributed by atoms with Crippen LogP contribution < -0.4 is 35.1 Å². The van der Waals surface area contributed by atoms with Crippen LogP contribution in [0.15, 0.2) is 17.1 Å². The number of hydrogen-bond donors (Lipinski definition) is 0. The number of fused-ring (bicyclic) bond motifs is 1. The van der Waals surface area contributed by atoms with Gasteiger partial charge < -0.3 is 14.8 Å². The van der Waals surface area contributed by atoms with Gasteiger partial charge in [-0.25, -0.2) is 11.3 Å². The molecule has 0 bridgehead atoms. The zero-order valence-electron chi connectivity index (χ0n) is 7.80. The van der Waals surface area contributed by atoms with E-state index in [1.165, 1.54) is 16.8 Å². The van der Waals surface area contributed by atoms with Crippen molar-refractivity contribution >= 4 is 6.29 Å². The van der Waals surface area contributed by atoms with Gasteiger partial charge in [-0.3, -0.25) is 4.79 Å². The number of carbonyl (C=O) groups excluding carboxylic acids is 1. The monoisotopic (exact) mass is 203 g/mol. The summed E-state index contributed by atoms with van der Waals surface area (Å²) in [7, 11) is 0. The van der Waals surface area contributed by atoms with Crippen LogP contribution >= 0.6 is 0 Å². The molecule has 5 nitrogen and oxygen atoms in total. The Labute approximate surface area is 103 Å². The van der Waals surface area contributed by atoms with Crippen LogP contribution in [0.3, 0.4) is 0 Å².